The van der Waals surface area contributed by atoms with E-state index < -0.39 is 0 Å². The van der Waals surface area contributed by atoms with Crippen molar-refractivity contribution in [3.63, 3.8) is 0 Å². The van der Waals surface area contributed by atoms with E-state index in [-0.39, 0.29) is 6.04 Å². The number of carbonyl (C=O) groups excluding carboxylic acids is 1. The summed E-state index contributed by atoms with van der Waals surface area (Å²) < 4.78 is 0. The molecule has 0 saturated heterocycles. The second-order valence-corrected chi connectivity index (χ2v) is 6.50. The molecule has 1 unspecified atom stereocenters. The van der Waals surface area contributed by atoms with Crippen molar-refractivity contribution in [2.45, 2.75) is 73.3 Å². The summed E-state index contributed by atoms with van der Waals surface area (Å²) in [5, 5.41) is 0. The third-order valence-electron chi connectivity index (χ3n) is 5.14. The van der Waals surface area contributed by atoms with E-state index in [2.05, 4.69) is 64.6 Å². The summed E-state index contributed by atoms with van der Waals surface area (Å²) in [5.74, 6) is 0.782. The molecule has 23 heavy (non-hydrogen) atoms. The van der Waals surface area contributed by atoms with Gasteiger partial charge in [-0.25, -0.2) is 0 Å². The monoisotopic (exact) mass is 317 g/mol. The largest absolute Gasteiger partial charge is 0.298 e. The first-order valence-corrected chi connectivity index (χ1v) is 9.39. The van der Waals surface area contributed by atoms with E-state index in [0.717, 1.165) is 32.4 Å². The second-order valence-electron chi connectivity index (χ2n) is 6.50. The number of hydrogen-bond donors (Lipinski definition) is 0. The van der Waals surface area contributed by atoms with Crippen LogP contribution in [0.4, 0.5) is 0 Å². The van der Waals surface area contributed by atoms with Crippen molar-refractivity contribution < 1.29 is 4.79 Å². The van der Waals surface area contributed by atoms with Crippen LogP contribution in [0.25, 0.3) is 0 Å². The first kappa shape index (κ1) is 19.9. The average Bonchev–Trinajstić information content (AvgIpc) is 2.58. The van der Waals surface area contributed by atoms with Gasteiger partial charge in [0.2, 0.25) is 0 Å². The van der Waals surface area contributed by atoms with Gasteiger partial charge >= 0.3 is 0 Å². The third kappa shape index (κ3) is 5.17. The SMILES string of the molecule is CCc1ccc(CC(=O)C([C@@H](C)CC)N(CC)CC)c(CC)c1. The maximum absolute atomic E-state index is 13.1. The van der Waals surface area contributed by atoms with Crippen LogP contribution in [-0.2, 0) is 24.1 Å². The molecule has 2 nitrogen and oxygen atoms in total. The molecule has 0 bridgehead atoms. The standard InChI is InChI=1S/C21H35NO/c1-7-16(6)21(22(10-4)11-5)20(23)15-19-13-12-17(8-2)14-18(19)9-3/h12-14,16,21H,7-11,15H2,1-6H3/t16-,21?/m0/s1. The first-order chi connectivity index (χ1) is 11.0. The van der Waals surface area contributed by atoms with Crippen molar-refractivity contribution in [1.82, 2.24) is 4.90 Å². The Hall–Kier alpha value is -1.15. The molecule has 0 saturated carbocycles. The predicted octanol–water partition coefficient (Wildman–Crippen LogP) is 4.68. The highest BCUT2D eigenvalue weighted by molar-refractivity contribution is 5.86. The van der Waals surface area contributed by atoms with Gasteiger partial charge in [-0.1, -0.05) is 66.2 Å². The molecule has 1 aromatic rings. The summed E-state index contributed by atoms with van der Waals surface area (Å²) in [7, 11) is 0. The molecule has 0 N–H and O–H groups in total. The molecule has 130 valence electrons. The van der Waals surface area contributed by atoms with Crippen LogP contribution in [0.5, 0.6) is 0 Å². The highest BCUT2D eigenvalue weighted by atomic mass is 16.1. The fraction of sp³-hybridized carbons (Fsp3) is 0.667. The molecule has 2 atom stereocenters. The minimum Gasteiger partial charge on any atom is -0.298 e. The van der Waals surface area contributed by atoms with Crippen molar-refractivity contribution >= 4 is 5.78 Å². The third-order valence-corrected chi connectivity index (χ3v) is 5.14. The van der Waals surface area contributed by atoms with Gasteiger partial charge in [-0.15, -0.1) is 0 Å². The van der Waals surface area contributed by atoms with Crippen LogP contribution in [0.1, 0.15) is 64.7 Å². The zero-order valence-corrected chi connectivity index (χ0v) is 16.0. The van der Waals surface area contributed by atoms with E-state index in [4.69, 9.17) is 0 Å². The minimum absolute atomic E-state index is 0.0468. The van der Waals surface area contributed by atoms with E-state index in [9.17, 15) is 4.79 Å². The fourth-order valence-corrected chi connectivity index (χ4v) is 3.41. The molecule has 0 spiro atoms. The van der Waals surface area contributed by atoms with E-state index in [1.54, 1.807) is 0 Å². The molecule has 0 aliphatic heterocycles. The van der Waals surface area contributed by atoms with Crippen molar-refractivity contribution in [3.8, 4) is 0 Å². The average molecular weight is 318 g/mol. The lowest BCUT2D eigenvalue weighted by Crippen LogP contribution is -2.46. The van der Waals surface area contributed by atoms with Crippen molar-refractivity contribution in [2.75, 3.05) is 13.1 Å². The number of aryl methyl sites for hydroxylation is 2. The Labute approximate surface area is 143 Å². The van der Waals surface area contributed by atoms with Crippen molar-refractivity contribution in [1.29, 1.82) is 0 Å². The maximum Gasteiger partial charge on any atom is 0.154 e. The van der Waals surface area contributed by atoms with Gasteiger partial charge < -0.3 is 0 Å². The second kappa shape index (κ2) is 9.87. The minimum atomic E-state index is 0.0468. The Balaban J connectivity index is 3.02. The normalized spacial score (nSPS) is 14.0. The quantitative estimate of drug-likeness (QED) is 0.624. The maximum atomic E-state index is 13.1. The number of Topliss-reactive ketones (excluding diaryl/α,β-unsaturated/α-hetero) is 1. The smallest absolute Gasteiger partial charge is 0.154 e. The predicted molar refractivity (Wildman–Crippen MR) is 100 cm³/mol. The number of nitrogens with zero attached hydrogens (tertiary/aromatic N) is 1. The summed E-state index contributed by atoms with van der Waals surface area (Å²) in [5.41, 5.74) is 3.91. The van der Waals surface area contributed by atoms with Gasteiger partial charge in [0, 0.05) is 6.42 Å². The van der Waals surface area contributed by atoms with E-state index in [0.29, 0.717) is 18.1 Å². The summed E-state index contributed by atoms with van der Waals surface area (Å²) in [6.45, 7) is 14.9. The zero-order chi connectivity index (χ0) is 17.4. The van der Waals surface area contributed by atoms with Gasteiger partial charge in [-0.3, -0.25) is 9.69 Å². The number of benzene rings is 1. The van der Waals surface area contributed by atoms with E-state index in [1.807, 2.05) is 0 Å². The molecular weight excluding hydrogens is 282 g/mol. The molecule has 0 radical (unpaired) electrons. The Bertz CT molecular complexity index is 491. The van der Waals surface area contributed by atoms with E-state index >= 15 is 0 Å². The lowest BCUT2D eigenvalue weighted by atomic mass is 9.88. The van der Waals surface area contributed by atoms with E-state index in [1.165, 1.54) is 16.7 Å². The molecule has 0 aliphatic rings. The molecular formula is C21H35NO. The molecule has 0 aromatic heterocycles. The lowest BCUT2D eigenvalue weighted by molar-refractivity contribution is -0.125. The Morgan fingerprint density at radius 2 is 1.65 bits per heavy atom. The first-order valence-electron chi connectivity index (χ1n) is 9.39. The lowest BCUT2D eigenvalue weighted by Gasteiger charge is -2.33. The summed E-state index contributed by atoms with van der Waals surface area (Å²) in [6, 6.07) is 6.67. The molecule has 0 amide bonds. The molecule has 0 fully saturated rings. The highest BCUT2D eigenvalue weighted by Crippen LogP contribution is 2.20. The van der Waals surface area contributed by atoms with Crippen molar-refractivity contribution in [3.05, 3.63) is 34.9 Å². The van der Waals surface area contributed by atoms with Gasteiger partial charge in [-0.05, 0) is 48.5 Å². The van der Waals surface area contributed by atoms with Crippen LogP contribution in [0.2, 0.25) is 0 Å². The topological polar surface area (TPSA) is 20.3 Å². The Morgan fingerprint density at radius 3 is 2.13 bits per heavy atom. The number of carbonyl (C=O) groups is 1. The van der Waals surface area contributed by atoms with Gasteiger partial charge in [0.15, 0.2) is 5.78 Å². The van der Waals surface area contributed by atoms with Gasteiger partial charge in [0.25, 0.3) is 0 Å². The number of hydrogen-bond acceptors (Lipinski definition) is 2. The molecule has 1 rings (SSSR count). The van der Waals surface area contributed by atoms with Crippen LogP contribution < -0.4 is 0 Å². The molecule has 2 heteroatoms. The van der Waals surface area contributed by atoms with Crippen LogP contribution in [0.3, 0.4) is 0 Å². The van der Waals surface area contributed by atoms with Crippen LogP contribution >= 0.6 is 0 Å². The molecule has 0 heterocycles. The number of rotatable bonds is 10. The Morgan fingerprint density at radius 1 is 1.00 bits per heavy atom. The van der Waals surface area contributed by atoms with Crippen LogP contribution in [-0.4, -0.2) is 29.8 Å². The highest BCUT2D eigenvalue weighted by Gasteiger charge is 2.28. The van der Waals surface area contributed by atoms with Gasteiger partial charge in [0.1, 0.15) is 0 Å². The van der Waals surface area contributed by atoms with Gasteiger partial charge in [0.05, 0.1) is 6.04 Å². The molecule has 1 aromatic carbocycles. The zero-order valence-electron chi connectivity index (χ0n) is 16.0. The van der Waals surface area contributed by atoms with Gasteiger partial charge in [-0.2, -0.15) is 0 Å². The molecule has 0 aliphatic carbocycles. The fourth-order valence-electron chi connectivity index (χ4n) is 3.41. The van der Waals surface area contributed by atoms with Crippen LogP contribution in [0, 0.1) is 5.92 Å². The van der Waals surface area contributed by atoms with Crippen LogP contribution in [0.15, 0.2) is 18.2 Å². The van der Waals surface area contributed by atoms with Crippen molar-refractivity contribution in [2.24, 2.45) is 5.92 Å². The number of ketones is 1. The summed E-state index contributed by atoms with van der Waals surface area (Å²) in [6.07, 6.45) is 3.66. The Kier molecular flexibility index (Phi) is 8.54. The number of likely N-dealkylation sites (N-methyl/N-ethyl adjacent to an activating group) is 1. The summed E-state index contributed by atoms with van der Waals surface area (Å²) >= 11 is 0. The summed E-state index contributed by atoms with van der Waals surface area (Å²) in [4.78, 5) is 15.4.